The Morgan fingerprint density at radius 2 is 2.03 bits per heavy atom. The van der Waals surface area contributed by atoms with Gasteiger partial charge in [-0.1, -0.05) is 23.7 Å². The fourth-order valence-electron chi connectivity index (χ4n) is 3.66. The zero-order chi connectivity index (χ0) is 21.1. The van der Waals surface area contributed by atoms with Gasteiger partial charge in [0.05, 0.1) is 5.69 Å². The topological polar surface area (TPSA) is 80.9 Å². The maximum absolute atomic E-state index is 12.9. The van der Waals surface area contributed by atoms with E-state index in [0.717, 1.165) is 45.8 Å². The van der Waals surface area contributed by atoms with Gasteiger partial charge in [-0.15, -0.1) is 0 Å². The molecule has 6 heteroatoms. The van der Waals surface area contributed by atoms with Gasteiger partial charge in [0.15, 0.2) is 0 Å². The van der Waals surface area contributed by atoms with Crippen LogP contribution in [0.15, 0.2) is 48.9 Å². The Morgan fingerprint density at radius 1 is 1.20 bits per heavy atom. The second kappa shape index (κ2) is 8.94. The van der Waals surface area contributed by atoms with Crippen molar-refractivity contribution in [1.29, 1.82) is 0 Å². The van der Waals surface area contributed by atoms with Crippen molar-refractivity contribution in [2.75, 3.05) is 0 Å². The summed E-state index contributed by atoms with van der Waals surface area (Å²) >= 11 is 6.11. The zero-order valence-corrected chi connectivity index (χ0v) is 17.7. The molecule has 1 amide bonds. The Labute approximate surface area is 181 Å². The van der Waals surface area contributed by atoms with E-state index in [1.54, 1.807) is 6.33 Å². The highest BCUT2D eigenvalue weighted by Gasteiger charge is 2.24. The molecule has 5 nitrogen and oxygen atoms in total. The number of hydrogen-bond donors (Lipinski definition) is 2. The van der Waals surface area contributed by atoms with Gasteiger partial charge in [-0.3, -0.25) is 4.79 Å². The Bertz CT molecular complexity index is 1080. The smallest absolute Gasteiger partial charge is 0.251 e. The highest BCUT2D eigenvalue weighted by atomic mass is 35.5. The first kappa shape index (κ1) is 20.5. The van der Waals surface area contributed by atoms with Crippen LogP contribution in [0.3, 0.4) is 0 Å². The number of carbonyl (C=O) groups excluding carboxylic acids is 1. The van der Waals surface area contributed by atoms with Gasteiger partial charge in [0.25, 0.3) is 5.91 Å². The summed E-state index contributed by atoms with van der Waals surface area (Å²) in [5.74, 6) is 0.587. The van der Waals surface area contributed by atoms with Gasteiger partial charge in [-0.05, 0) is 78.6 Å². The van der Waals surface area contributed by atoms with Crippen molar-refractivity contribution in [3.63, 3.8) is 0 Å². The molecule has 0 saturated heterocycles. The average molecular weight is 421 g/mol. The summed E-state index contributed by atoms with van der Waals surface area (Å²) in [5, 5.41) is 3.62. The van der Waals surface area contributed by atoms with Crippen LogP contribution in [0.25, 0.3) is 11.1 Å². The summed E-state index contributed by atoms with van der Waals surface area (Å²) in [4.78, 5) is 21.6. The molecule has 4 rings (SSSR count). The molecule has 2 aromatic carbocycles. The summed E-state index contributed by atoms with van der Waals surface area (Å²) in [6, 6.07) is 11.4. The number of rotatable bonds is 7. The number of carbonyl (C=O) groups is 1. The minimum atomic E-state index is -0.136. The first-order valence-electron chi connectivity index (χ1n) is 10.2. The largest absolute Gasteiger partial charge is 0.348 e. The average Bonchev–Trinajstić information content (AvgIpc) is 3.56. The molecule has 3 N–H and O–H groups in total. The molecule has 0 atom stereocenters. The minimum absolute atomic E-state index is 0.136. The van der Waals surface area contributed by atoms with E-state index in [1.165, 1.54) is 12.8 Å². The molecule has 1 heterocycles. The van der Waals surface area contributed by atoms with Crippen LogP contribution in [0.2, 0.25) is 5.02 Å². The predicted molar refractivity (Wildman–Crippen MR) is 119 cm³/mol. The molecule has 1 aliphatic carbocycles. The highest BCUT2D eigenvalue weighted by molar-refractivity contribution is 6.30. The Hall–Kier alpha value is -2.76. The number of nitrogens with one attached hydrogen (secondary N) is 1. The van der Waals surface area contributed by atoms with Gasteiger partial charge >= 0.3 is 0 Å². The predicted octanol–water partition coefficient (Wildman–Crippen LogP) is 4.45. The van der Waals surface area contributed by atoms with Crippen molar-refractivity contribution in [3.8, 4) is 11.1 Å². The number of hydrogen-bond acceptors (Lipinski definition) is 4. The number of nitrogens with two attached hydrogens (primary N) is 1. The molecule has 0 radical (unpaired) electrons. The van der Waals surface area contributed by atoms with Crippen LogP contribution >= 0.6 is 11.6 Å². The number of nitrogens with zero attached hydrogens (tertiary/aromatic N) is 2. The number of halogens is 1. The summed E-state index contributed by atoms with van der Waals surface area (Å²) < 4.78 is 0. The van der Waals surface area contributed by atoms with Crippen LogP contribution < -0.4 is 11.1 Å². The fourth-order valence-corrected chi connectivity index (χ4v) is 3.85. The second-order valence-corrected chi connectivity index (χ2v) is 8.35. The van der Waals surface area contributed by atoms with E-state index in [1.807, 2.05) is 43.5 Å². The number of amides is 1. The van der Waals surface area contributed by atoms with Crippen molar-refractivity contribution >= 4 is 17.5 Å². The van der Waals surface area contributed by atoms with E-state index in [2.05, 4.69) is 21.4 Å². The molecule has 0 spiro atoms. The Balaban J connectivity index is 1.56. The van der Waals surface area contributed by atoms with Crippen molar-refractivity contribution in [3.05, 3.63) is 81.9 Å². The van der Waals surface area contributed by atoms with Crippen molar-refractivity contribution < 1.29 is 4.79 Å². The zero-order valence-electron chi connectivity index (χ0n) is 17.0. The van der Waals surface area contributed by atoms with E-state index < -0.39 is 0 Å². The van der Waals surface area contributed by atoms with E-state index in [4.69, 9.17) is 17.3 Å². The number of aromatic nitrogens is 2. The lowest BCUT2D eigenvalue weighted by atomic mass is 9.98. The minimum Gasteiger partial charge on any atom is -0.348 e. The first-order chi connectivity index (χ1) is 14.5. The second-order valence-electron chi connectivity index (χ2n) is 7.92. The lowest BCUT2D eigenvalue weighted by molar-refractivity contribution is 0.0951. The normalized spacial score (nSPS) is 13.3. The molecular formula is C24H25ClN4O. The molecule has 0 aliphatic heterocycles. The van der Waals surface area contributed by atoms with Gasteiger partial charge < -0.3 is 11.1 Å². The SMILES string of the molecule is Cc1cc(C(=O)NCc2cc(Cl)ccc2CN)cc(-c2cncnc2CC2CC2)c1. The summed E-state index contributed by atoms with van der Waals surface area (Å²) in [6.07, 6.45) is 6.94. The third kappa shape index (κ3) is 4.86. The van der Waals surface area contributed by atoms with Crippen LogP contribution in [0.5, 0.6) is 0 Å². The Kier molecular flexibility index (Phi) is 6.11. The maximum atomic E-state index is 12.9. The maximum Gasteiger partial charge on any atom is 0.251 e. The highest BCUT2D eigenvalue weighted by Crippen LogP contribution is 2.35. The van der Waals surface area contributed by atoms with Crippen LogP contribution in [0.4, 0.5) is 0 Å². The van der Waals surface area contributed by atoms with Crippen LogP contribution in [-0.2, 0) is 19.5 Å². The number of aryl methyl sites for hydroxylation is 1. The van der Waals surface area contributed by atoms with Crippen LogP contribution in [-0.4, -0.2) is 15.9 Å². The van der Waals surface area contributed by atoms with Gasteiger partial charge in [0, 0.05) is 35.4 Å². The quantitative estimate of drug-likeness (QED) is 0.591. The monoisotopic (exact) mass is 420 g/mol. The fraction of sp³-hybridized carbons (Fsp3) is 0.292. The first-order valence-corrected chi connectivity index (χ1v) is 10.6. The third-order valence-electron chi connectivity index (χ3n) is 5.45. The van der Waals surface area contributed by atoms with Gasteiger partial charge in [0.2, 0.25) is 0 Å². The van der Waals surface area contributed by atoms with Gasteiger partial charge in [-0.25, -0.2) is 9.97 Å². The molecule has 0 bridgehead atoms. The van der Waals surface area contributed by atoms with E-state index in [-0.39, 0.29) is 5.91 Å². The Morgan fingerprint density at radius 3 is 2.80 bits per heavy atom. The summed E-state index contributed by atoms with van der Waals surface area (Å²) in [7, 11) is 0. The summed E-state index contributed by atoms with van der Waals surface area (Å²) in [5.41, 5.74) is 12.4. The molecule has 3 aromatic rings. The summed E-state index contributed by atoms with van der Waals surface area (Å²) in [6.45, 7) is 2.76. The third-order valence-corrected chi connectivity index (χ3v) is 5.69. The molecule has 1 aliphatic rings. The molecule has 30 heavy (non-hydrogen) atoms. The van der Waals surface area contributed by atoms with Crippen LogP contribution in [0, 0.1) is 12.8 Å². The molecule has 1 aromatic heterocycles. The van der Waals surface area contributed by atoms with Crippen molar-refractivity contribution in [1.82, 2.24) is 15.3 Å². The standard InChI is InChI=1S/C24H25ClN4O/c1-15-6-18(22-13-27-14-29-23(22)8-16-2-3-16)9-19(7-15)24(30)28-12-20-10-21(25)5-4-17(20)11-26/h4-7,9-10,13-14,16H,2-3,8,11-12,26H2,1H3,(H,28,30). The van der Waals surface area contributed by atoms with E-state index >= 15 is 0 Å². The van der Waals surface area contributed by atoms with Crippen molar-refractivity contribution in [2.24, 2.45) is 11.7 Å². The van der Waals surface area contributed by atoms with E-state index in [9.17, 15) is 4.79 Å². The van der Waals surface area contributed by atoms with Gasteiger partial charge in [-0.2, -0.15) is 0 Å². The molecule has 1 fully saturated rings. The van der Waals surface area contributed by atoms with E-state index in [0.29, 0.717) is 23.7 Å². The lowest BCUT2D eigenvalue weighted by Crippen LogP contribution is -2.24. The molecule has 154 valence electrons. The lowest BCUT2D eigenvalue weighted by Gasteiger charge is -2.13. The molecule has 1 saturated carbocycles. The molecule has 0 unspecified atom stereocenters. The van der Waals surface area contributed by atoms with Crippen molar-refractivity contribution in [2.45, 2.75) is 39.3 Å². The number of benzene rings is 2. The molecular weight excluding hydrogens is 396 g/mol. The van der Waals surface area contributed by atoms with Crippen LogP contribution in [0.1, 0.15) is 45.6 Å². The van der Waals surface area contributed by atoms with Gasteiger partial charge in [0.1, 0.15) is 6.33 Å².